The molecular formula is C14H11F3N2O2. The van der Waals surface area contributed by atoms with E-state index in [1.165, 1.54) is 6.07 Å². The van der Waals surface area contributed by atoms with Crippen LogP contribution >= 0.6 is 0 Å². The molecule has 1 heterocycles. The zero-order valence-electron chi connectivity index (χ0n) is 11.0. The highest BCUT2D eigenvalue weighted by Crippen LogP contribution is 2.19. The first-order chi connectivity index (χ1) is 9.93. The fourth-order valence-corrected chi connectivity index (χ4v) is 1.82. The Morgan fingerprint density at radius 1 is 1.14 bits per heavy atom. The number of carbonyl (C=O) groups is 2. The van der Waals surface area contributed by atoms with Crippen LogP contribution < -0.4 is 5.32 Å². The van der Waals surface area contributed by atoms with Crippen LogP contribution in [0.5, 0.6) is 0 Å². The maximum Gasteiger partial charge on any atom is 0.267 e. The van der Waals surface area contributed by atoms with E-state index in [-0.39, 0.29) is 11.3 Å². The van der Waals surface area contributed by atoms with Gasteiger partial charge in [0.25, 0.3) is 5.91 Å². The van der Waals surface area contributed by atoms with Crippen molar-refractivity contribution >= 4 is 11.7 Å². The Morgan fingerprint density at radius 3 is 2.33 bits per heavy atom. The number of rotatable bonds is 4. The summed E-state index contributed by atoms with van der Waals surface area (Å²) in [5.41, 5.74) is -0.873. The highest BCUT2D eigenvalue weighted by molar-refractivity contribution is 6.10. The van der Waals surface area contributed by atoms with Gasteiger partial charge in [0, 0.05) is 30.4 Å². The molecule has 4 nitrogen and oxygen atoms in total. The molecule has 1 aromatic heterocycles. The number of aromatic nitrogens is 1. The molecule has 0 aliphatic heterocycles. The van der Waals surface area contributed by atoms with Gasteiger partial charge < -0.3 is 10.3 Å². The van der Waals surface area contributed by atoms with E-state index in [0.717, 1.165) is 6.20 Å². The van der Waals surface area contributed by atoms with Gasteiger partial charge in [-0.3, -0.25) is 9.59 Å². The molecule has 0 spiro atoms. The molecule has 2 rings (SSSR count). The number of amides is 1. The van der Waals surface area contributed by atoms with E-state index in [2.05, 4.69) is 10.3 Å². The van der Waals surface area contributed by atoms with Crippen molar-refractivity contribution in [2.75, 3.05) is 6.54 Å². The maximum absolute atomic E-state index is 13.5. The van der Waals surface area contributed by atoms with E-state index in [9.17, 15) is 22.8 Å². The van der Waals surface area contributed by atoms with Gasteiger partial charge >= 0.3 is 0 Å². The number of H-pyrrole nitrogens is 1. The monoisotopic (exact) mass is 296 g/mol. The van der Waals surface area contributed by atoms with Crippen LogP contribution in [0, 0.1) is 17.5 Å². The van der Waals surface area contributed by atoms with Crippen LogP contribution in [-0.2, 0) is 0 Å². The van der Waals surface area contributed by atoms with Crippen molar-refractivity contribution in [3.63, 3.8) is 0 Å². The van der Waals surface area contributed by atoms with Crippen LogP contribution in [0.3, 0.4) is 0 Å². The Bertz CT molecular complexity index is 687. The predicted octanol–water partition coefficient (Wildman–Crippen LogP) is 2.41. The van der Waals surface area contributed by atoms with Gasteiger partial charge in [0.05, 0.1) is 5.56 Å². The van der Waals surface area contributed by atoms with E-state index >= 15 is 0 Å². The molecule has 0 bridgehead atoms. The fourth-order valence-electron chi connectivity index (χ4n) is 1.82. The molecule has 1 amide bonds. The molecule has 7 heteroatoms. The smallest absolute Gasteiger partial charge is 0.267 e. The average molecular weight is 296 g/mol. The van der Waals surface area contributed by atoms with Crippen molar-refractivity contribution in [3.05, 3.63) is 58.7 Å². The topological polar surface area (TPSA) is 62.0 Å². The van der Waals surface area contributed by atoms with Gasteiger partial charge in [0.2, 0.25) is 0 Å². The largest absolute Gasteiger partial charge is 0.356 e. The van der Waals surface area contributed by atoms with Crippen LogP contribution in [0.25, 0.3) is 0 Å². The van der Waals surface area contributed by atoms with Crippen molar-refractivity contribution in [3.8, 4) is 0 Å². The first-order valence-corrected chi connectivity index (χ1v) is 6.10. The fraction of sp³-hybridized carbons (Fsp3) is 0.143. The summed E-state index contributed by atoms with van der Waals surface area (Å²) in [4.78, 5) is 26.1. The molecule has 0 unspecified atom stereocenters. The van der Waals surface area contributed by atoms with Gasteiger partial charge in [-0.15, -0.1) is 0 Å². The van der Waals surface area contributed by atoms with E-state index in [1.54, 1.807) is 6.92 Å². The summed E-state index contributed by atoms with van der Waals surface area (Å²) >= 11 is 0. The Morgan fingerprint density at radius 2 is 1.76 bits per heavy atom. The molecule has 0 radical (unpaired) electrons. The minimum atomic E-state index is -1.29. The molecule has 0 aliphatic carbocycles. The SMILES string of the molecule is CCNC(=O)c1cc(C(=O)c2c(F)cc(F)cc2F)c[nH]1. The average Bonchev–Trinajstić information content (AvgIpc) is 2.87. The van der Waals surface area contributed by atoms with Crippen molar-refractivity contribution < 1.29 is 22.8 Å². The molecule has 2 aromatic rings. The highest BCUT2D eigenvalue weighted by Gasteiger charge is 2.22. The molecule has 0 aliphatic rings. The summed E-state index contributed by atoms with van der Waals surface area (Å²) in [7, 11) is 0. The van der Waals surface area contributed by atoms with Crippen LogP contribution in [0.2, 0.25) is 0 Å². The van der Waals surface area contributed by atoms with Crippen molar-refractivity contribution in [2.45, 2.75) is 6.92 Å². The number of ketones is 1. The van der Waals surface area contributed by atoms with Crippen LogP contribution in [0.15, 0.2) is 24.4 Å². The Balaban J connectivity index is 2.35. The normalized spacial score (nSPS) is 10.5. The molecule has 0 saturated carbocycles. The second-order valence-electron chi connectivity index (χ2n) is 4.24. The van der Waals surface area contributed by atoms with Gasteiger partial charge in [-0.2, -0.15) is 0 Å². The zero-order chi connectivity index (χ0) is 15.6. The van der Waals surface area contributed by atoms with E-state index in [4.69, 9.17) is 0 Å². The lowest BCUT2D eigenvalue weighted by Crippen LogP contribution is -2.22. The third kappa shape index (κ3) is 2.96. The van der Waals surface area contributed by atoms with Crippen LogP contribution in [-0.4, -0.2) is 23.2 Å². The lowest BCUT2D eigenvalue weighted by molar-refractivity contribution is 0.0951. The molecule has 0 fully saturated rings. The van der Waals surface area contributed by atoms with Crippen molar-refractivity contribution in [1.29, 1.82) is 0 Å². The number of hydrogen-bond donors (Lipinski definition) is 2. The minimum Gasteiger partial charge on any atom is -0.356 e. The van der Waals surface area contributed by atoms with E-state index in [1.807, 2.05) is 0 Å². The van der Waals surface area contributed by atoms with Crippen molar-refractivity contribution in [2.24, 2.45) is 0 Å². The summed E-state index contributed by atoms with van der Waals surface area (Å²) in [6, 6.07) is 2.02. The lowest BCUT2D eigenvalue weighted by Gasteiger charge is -2.02. The minimum absolute atomic E-state index is 0.0862. The van der Waals surface area contributed by atoms with E-state index < -0.39 is 34.7 Å². The first-order valence-electron chi connectivity index (χ1n) is 6.10. The molecule has 21 heavy (non-hydrogen) atoms. The van der Waals surface area contributed by atoms with Gasteiger partial charge in [-0.1, -0.05) is 0 Å². The number of hydrogen-bond acceptors (Lipinski definition) is 2. The van der Waals surface area contributed by atoms with Gasteiger partial charge in [0.15, 0.2) is 5.78 Å². The number of aromatic amines is 1. The van der Waals surface area contributed by atoms with Crippen LogP contribution in [0.1, 0.15) is 33.3 Å². The summed E-state index contributed by atoms with van der Waals surface area (Å²) in [6.45, 7) is 2.11. The van der Waals surface area contributed by atoms with Gasteiger partial charge in [0.1, 0.15) is 23.1 Å². The van der Waals surface area contributed by atoms with Crippen LogP contribution in [0.4, 0.5) is 13.2 Å². The highest BCUT2D eigenvalue weighted by atomic mass is 19.1. The molecule has 0 saturated heterocycles. The number of halogens is 3. The number of benzene rings is 1. The third-order valence-electron chi connectivity index (χ3n) is 2.76. The summed E-state index contributed by atoms with van der Waals surface area (Å²) < 4.78 is 39.9. The number of carbonyl (C=O) groups excluding carboxylic acids is 2. The first kappa shape index (κ1) is 14.8. The molecule has 110 valence electrons. The molecule has 1 aromatic carbocycles. The number of nitrogens with one attached hydrogen (secondary N) is 2. The van der Waals surface area contributed by atoms with E-state index in [0.29, 0.717) is 18.7 Å². The molecule has 0 atom stereocenters. The Kier molecular flexibility index (Phi) is 4.11. The molecular weight excluding hydrogens is 285 g/mol. The standard InChI is InChI=1S/C14H11F3N2O2/c1-2-18-14(21)11-3-7(6-19-11)13(20)12-9(16)4-8(15)5-10(12)17/h3-6,19H,2H2,1H3,(H,18,21). The summed E-state index contributed by atoms with van der Waals surface area (Å²) in [5, 5.41) is 2.50. The van der Waals surface area contributed by atoms with Gasteiger partial charge in [-0.05, 0) is 13.0 Å². The zero-order valence-corrected chi connectivity index (χ0v) is 11.0. The predicted molar refractivity (Wildman–Crippen MR) is 68.5 cm³/mol. The second-order valence-corrected chi connectivity index (χ2v) is 4.24. The summed E-state index contributed by atoms with van der Waals surface area (Å²) in [5.74, 6) is -5.12. The maximum atomic E-state index is 13.5. The quantitative estimate of drug-likeness (QED) is 0.851. The third-order valence-corrected chi connectivity index (χ3v) is 2.76. The second kappa shape index (κ2) is 5.82. The Hall–Kier alpha value is -2.57. The lowest BCUT2D eigenvalue weighted by atomic mass is 10.0. The molecule has 2 N–H and O–H groups in total. The van der Waals surface area contributed by atoms with Gasteiger partial charge in [-0.25, -0.2) is 13.2 Å². The summed E-state index contributed by atoms with van der Waals surface area (Å²) in [6.07, 6.45) is 1.16. The Labute approximate surface area is 118 Å². The van der Waals surface area contributed by atoms with Crippen molar-refractivity contribution in [1.82, 2.24) is 10.3 Å².